The zero-order valence-electron chi connectivity index (χ0n) is 21.5. The highest BCUT2D eigenvalue weighted by Crippen LogP contribution is 2.45. The summed E-state index contributed by atoms with van der Waals surface area (Å²) in [7, 11) is -3.76. The van der Waals surface area contributed by atoms with E-state index in [1.165, 1.54) is 11.1 Å². The summed E-state index contributed by atoms with van der Waals surface area (Å²) in [6, 6.07) is 13.6. The number of benzene rings is 2. The van der Waals surface area contributed by atoms with Crippen LogP contribution in [-0.4, -0.2) is 45.6 Å². The number of ketones is 1. The van der Waals surface area contributed by atoms with Crippen molar-refractivity contribution in [2.45, 2.75) is 50.4 Å². The van der Waals surface area contributed by atoms with Gasteiger partial charge in [-0.1, -0.05) is 42.8 Å². The Balaban J connectivity index is 1.41. The molecule has 1 spiro atoms. The standard InChI is InChI=1S/C30H34N2O5S/c33-27-10-2-1-5-16-38(35,36)31-29(34)22-12-14-28-26(17-22)32(18-23-11-13-24(23)27)19-30(20-37-28)15-6-8-21-7-3-4-9-25(21)30/h3-4,6-9,12,14,17,23-24H,1-2,5,10-11,13,15-16,18-20H2,(H,31,34). The Morgan fingerprint density at radius 2 is 1.89 bits per heavy atom. The molecule has 2 aliphatic heterocycles. The smallest absolute Gasteiger partial charge is 0.264 e. The van der Waals surface area contributed by atoms with Crippen molar-refractivity contribution in [2.75, 3.05) is 30.3 Å². The summed E-state index contributed by atoms with van der Waals surface area (Å²) in [6.45, 7) is 1.87. The fraction of sp³-hybridized carbons (Fsp3) is 0.467. The van der Waals surface area contributed by atoms with Crippen LogP contribution in [0.5, 0.6) is 5.75 Å². The fourth-order valence-electron chi connectivity index (χ4n) is 6.54. The molecule has 200 valence electrons. The Hall–Kier alpha value is -3.13. The van der Waals surface area contributed by atoms with Crippen molar-refractivity contribution in [1.82, 2.24) is 4.72 Å². The van der Waals surface area contributed by atoms with Gasteiger partial charge in [-0.3, -0.25) is 9.59 Å². The van der Waals surface area contributed by atoms with Crippen molar-refractivity contribution in [1.29, 1.82) is 0 Å². The number of amides is 1. The van der Waals surface area contributed by atoms with Crippen LogP contribution in [-0.2, 0) is 20.2 Å². The van der Waals surface area contributed by atoms with E-state index < -0.39 is 15.9 Å². The molecule has 7 nitrogen and oxygen atoms in total. The first kappa shape index (κ1) is 25.2. The van der Waals surface area contributed by atoms with Crippen molar-refractivity contribution in [3.05, 3.63) is 65.2 Å². The number of rotatable bonds is 0. The quantitative estimate of drug-likeness (QED) is 0.536. The largest absolute Gasteiger partial charge is 0.490 e. The summed E-state index contributed by atoms with van der Waals surface area (Å²) in [5.41, 5.74) is 3.22. The molecule has 4 aliphatic rings. The second-order valence-electron chi connectivity index (χ2n) is 11.3. The molecule has 2 heterocycles. The first-order valence-electron chi connectivity index (χ1n) is 13.7. The average molecular weight is 535 g/mol. The molecule has 2 aromatic rings. The number of anilines is 1. The number of fused-ring (bicyclic) bond motifs is 4. The molecule has 3 atom stereocenters. The Morgan fingerprint density at radius 1 is 1.03 bits per heavy atom. The number of Topliss-reactive ketones (excluding diaryl/α,β-unsaturated/α-hetero) is 1. The van der Waals surface area contributed by atoms with Crippen LogP contribution in [0.4, 0.5) is 5.69 Å². The summed E-state index contributed by atoms with van der Waals surface area (Å²) in [5.74, 6) is 0.517. The third-order valence-corrected chi connectivity index (χ3v) is 10.1. The van der Waals surface area contributed by atoms with Gasteiger partial charge in [0.15, 0.2) is 0 Å². The molecule has 0 aromatic heterocycles. The topological polar surface area (TPSA) is 92.8 Å². The molecule has 38 heavy (non-hydrogen) atoms. The molecule has 3 unspecified atom stereocenters. The molecular weight excluding hydrogens is 500 g/mol. The maximum absolute atomic E-state index is 13.1. The fourth-order valence-corrected chi connectivity index (χ4v) is 7.62. The van der Waals surface area contributed by atoms with Crippen molar-refractivity contribution in [3.63, 3.8) is 0 Å². The molecule has 2 aromatic carbocycles. The number of nitrogens with zero attached hydrogens (tertiary/aromatic N) is 1. The molecule has 2 bridgehead atoms. The second-order valence-corrected chi connectivity index (χ2v) is 13.1. The van der Waals surface area contributed by atoms with Gasteiger partial charge in [0, 0.05) is 31.0 Å². The Labute approximate surface area is 224 Å². The van der Waals surface area contributed by atoms with Crippen molar-refractivity contribution >= 4 is 33.5 Å². The minimum Gasteiger partial charge on any atom is -0.490 e. The molecule has 6 rings (SSSR count). The van der Waals surface area contributed by atoms with Gasteiger partial charge >= 0.3 is 0 Å². The monoisotopic (exact) mass is 534 g/mol. The summed E-state index contributed by atoms with van der Waals surface area (Å²) in [5, 5.41) is 0. The molecule has 0 radical (unpaired) electrons. The van der Waals surface area contributed by atoms with E-state index in [2.05, 4.69) is 40.0 Å². The van der Waals surface area contributed by atoms with E-state index in [9.17, 15) is 18.0 Å². The number of nitrogens with one attached hydrogen (secondary N) is 1. The van der Waals surface area contributed by atoms with Gasteiger partial charge in [0.1, 0.15) is 11.5 Å². The molecule has 8 heteroatoms. The SMILES string of the molecule is O=C1NS(=O)(=O)CCCCCC(=O)C2CCC2CN2CC3(CC=Cc4ccccc43)COc3ccc1cc32. The molecule has 1 fully saturated rings. The summed E-state index contributed by atoms with van der Waals surface area (Å²) in [4.78, 5) is 28.4. The zero-order chi connectivity index (χ0) is 26.3. The highest BCUT2D eigenvalue weighted by molar-refractivity contribution is 7.90. The van der Waals surface area contributed by atoms with Gasteiger partial charge < -0.3 is 9.64 Å². The van der Waals surface area contributed by atoms with Crippen LogP contribution in [0, 0.1) is 11.8 Å². The number of ether oxygens (including phenoxy) is 1. The van der Waals surface area contributed by atoms with Gasteiger partial charge in [0.05, 0.1) is 23.5 Å². The third-order valence-electron chi connectivity index (χ3n) is 8.77. The highest BCUT2D eigenvalue weighted by atomic mass is 32.2. The maximum Gasteiger partial charge on any atom is 0.264 e. The number of hydrogen-bond acceptors (Lipinski definition) is 6. The highest BCUT2D eigenvalue weighted by Gasteiger charge is 2.43. The van der Waals surface area contributed by atoms with Crippen LogP contribution < -0.4 is 14.4 Å². The van der Waals surface area contributed by atoms with Crippen LogP contribution in [0.25, 0.3) is 6.08 Å². The van der Waals surface area contributed by atoms with Gasteiger partial charge in [-0.15, -0.1) is 0 Å². The van der Waals surface area contributed by atoms with E-state index in [0.29, 0.717) is 56.9 Å². The lowest BCUT2D eigenvalue weighted by Gasteiger charge is -2.43. The first-order valence-corrected chi connectivity index (χ1v) is 15.3. The Kier molecular flexibility index (Phi) is 6.54. The second kappa shape index (κ2) is 9.88. The van der Waals surface area contributed by atoms with Crippen LogP contribution >= 0.6 is 0 Å². The first-order chi connectivity index (χ1) is 18.3. The van der Waals surface area contributed by atoms with Crippen LogP contribution in [0.1, 0.15) is 66.4 Å². The Morgan fingerprint density at radius 3 is 2.74 bits per heavy atom. The van der Waals surface area contributed by atoms with E-state index in [-0.39, 0.29) is 28.6 Å². The summed E-state index contributed by atoms with van der Waals surface area (Å²) >= 11 is 0. The number of sulfonamides is 1. The molecule has 0 saturated heterocycles. The third kappa shape index (κ3) is 4.75. The van der Waals surface area contributed by atoms with E-state index >= 15 is 0 Å². The van der Waals surface area contributed by atoms with E-state index in [4.69, 9.17) is 4.74 Å². The van der Waals surface area contributed by atoms with E-state index in [1.807, 2.05) is 6.07 Å². The maximum atomic E-state index is 13.1. The van der Waals surface area contributed by atoms with Crippen molar-refractivity contribution in [3.8, 4) is 5.75 Å². The van der Waals surface area contributed by atoms with Gasteiger partial charge in [0.2, 0.25) is 10.0 Å². The minimum atomic E-state index is -3.76. The van der Waals surface area contributed by atoms with Crippen molar-refractivity contribution in [2.24, 2.45) is 11.8 Å². The van der Waals surface area contributed by atoms with E-state index in [1.54, 1.807) is 18.2 Å². The predicted molar refractivity (Wildman–Crippen MR) is 147 cm³/mol. The normalized spacial score (nSPS) is 28.8. The van der Waals surface area contributed by atoms with Gasteiger partial charge in [-0.05, 0) is 67.3 Å². The van der Waals surface area contributed by atoms with Gasteiger partial charge in [-0.25, -0.2) is 13.1 Å². The summed E-state index contributed by atoms with van der Waals surface area (Å²) < 4.78 is 33.8. The lowest BCUT2D eigenvalue weighted by Crippen LogP contribution is -2.48. The lowest BCUT2D eigenvalue weighted by atomic mass is 9.69. The average Bonchev–Trinajstić information content (AvgIpc) is 3.03. The molecular formula is C30H34N2O5S. The van der Waals surface area contributed by atoms with Crippen molar-refractivity contribution < 1.29 is 22.7 Å². The molecule has 1 N–H and O–H groups in total. The Bertz CT molecular complexity index is 1400. The van der Waals surface area contributed by atoms with Crippen LogP contribution in [0.3, 0.4) is 0 Å². The summed E-state index contributed by atoms with van der Waals surface area (Å²) in [6.07, 6.45) is 9.35. The van der Waals surface area contributed by atoms with Gasteiger partial charge in [-0.2, -0.15) is 0 Å². The molecule has 1 saturated carbocycles. The zero-order valence-corrected chi connectivity index (χ0v) is 22.3. The number of allylic oxidation sites excluding steroid dienone is 1. The number of hydrogen-bond donors (Lipinski definition) is 1. The van der Waals surface area contributed by atoms with E-state index in [0.717, 1.165) is 24.9 Å². The number of carbonyl (C=O) groups is 2. The molecule has 1 amide bonds. The van der Waals surface area contributed by atoms with Crippen LogP contribution in [0.2, 0.25) is 0 Å². The molecule has 2 aliphatic carbocycles. The predicted octanol–water partition coefficient (Wildman–Crippen LogP) is 4.47. The minimum absolute atomic E-state index is 0.0419. The van der Waals surface area contributed by atoms with Crippen LogP contribution in [0.15, 0.2) is 48.5 Å². The lowest BCUT2D eigenvalue weighted by molar-refractivity contribution is -0.127. The van der Waals surface area contributed by atoms with Gasteiger partial charge in [0.25, 0.3) is 5.91 Å². The number of carbonyl (C=O) groups excluding carboxylic acids is 2.